The van der Waals surface area contributed by atoms with E-state index in [0.29, 0.717) is 23.7 Å². The number of fused-ring (bicyclic) bond motifs is 1. The van der Waals surface area contributed by atoms with Gasteiger partial charge in [-0.2, -0.15) is 0 Å². The molecule has 1 aliphatic heterocycles. The van der Waals surface area contributed by atoms with Crippen LogP contribution in [-0.4, -0.2) is 59.4 Å². The van der Waals surface area contributed by atoms with Crippen LogP contribution in [0.1, 0.15) is 61.0 Å². The third kappa shape index (κ3) is 4.67. The number of carbonyl (C=O) groups is 1. The zero-order chi connectivity index (χ0) is 23.9. The molecule has 0 saturated carbocycles. The summed E-state index contributed by atoms with van der Waals surface area (Å²) in [5, 5.41) is 1.18. The van der Waals surface area contributed by atoms with Crippen molar-refractivity contribution >= 4 is 16.8 Å². The molecule has 0 atom stereocenters. The van der Waals surface area contributed by atoms with E-state index in [1.165, 1.54) is 10.9 Å². The molecule has 0 unspecified atom stereocenters. The van der Waals surface area contributed by atoms with Gasteiger partial charge in [0.15, 0.2) is 5.82 Å². The summed E-state index contributed by atoms with van der Waals surface area (Å²) in [5.74, 6) is 0.621. The number of amides is 1. The summed E-state index contributed by atoms with van der Waals surface area (Å²) in [7, 11) is 3.62. The Labute approximate surface area is 196 Å². The highest BCUT2D eigenvalue weighted by atomic mass is 19.1. The molecular weight excluding hydrogens is 415 g/mol. The van der Waals surface area contributed by atoms with Crippen molar-refractivity contribution in [2.45, 2.75) is 52.4 Å². The summed E-state index contributed by atoms with van der Waals surface area (Å²) in [5.41, 5.74) is 6.23. The number of likely N-dealkylation sites (tertiary alicyclic amines) is 1. The minimum absolute atomic E-state index is 0.158. The number of halogens is 1. The Kier molecular flexibility index (Phi) is 6.57. The van der Waals surface area contributed by atoms with Crippen LogP contribution in [0.15, 0.2) is 24.3 Å². The van der Waals surface area contributed by atoms with Crippen LogP contribution in [0.3, 0.4) is 0 Å². The number of hydrogen-bond acceptors (Lipinski definition) is 3. The molecule has 3 heterocycles. The first-order valence-corrected chi connectivity index (χ1v) is 11.9. The van der Waals surface area contributed by atoms with Gasteiger partial charge in [-0.25, -0.2) is 4.39 Å². The topological polar surface area (TPSA) is 52.2 Å². The van der Waals surface area contributed by atoms with Gasteiger partial charge in [0.25, 0.3) is 0 Å². The summed E-state index contributed by atoms with van der Waals surface area (Å²) < 4.78 is 15.1. The Morgan fingerprint density at radius 1 is 1.21 bits per heavy atom. The fraction of sp³-hybridized carbons (Fsp3) is 0.481. The number of carbonyl (C=O) groups excluding carboxylic acids is 1. The average molecular weight is 451 g/mol. The van der Waals surface area contributed by atoms with Crippen molar-refractivity contribution in [3.63, 3.8) is 0 Å². The maximum Gasteiger partial charge on any atom is 0.236 e. The number of benzene rings is 1. The van der Waals surface area contributed by atoms with Gasteiger partial charge in [0, 0.05) is 36.3 Å². The van der Waals surface area contributed by atoms with Crippen LogP contribution in [0.4, 0.5) is 4.39 Å². The minimum atomic E-state index is -0.256. The summed E-state index contributed by atoms with van der Waals surface area (Å²) in [6.07, 6.45) is 2.08. The van der Waals surface area contributed by atoms with Crippen LogP contribution in [0.2, 0.25) is 0 Å². The number of rotatable bonds is 5. The second-order valence-electron chi connectivity index (χ2n) is 9.92. The largest absolute Gasteiger partial charge is 0.354 e. The monoisotopic (exact) mass is 450 g/mol. The first-order chi connectivity index (χ1) is 15.7. The number of nitrogens with zero attached hydrogens (tertiary/aromatic N) is 3. The van der Waals surface area contributed by atoms with E-state index in [1.54, 1.807) is 11.8 Å². The molecule has 0 bridgehead atoms. The normalized spacial score (nSPS) is 15.5. The zero-order valence-corrected chi connectivity index (χ0v) is 20.6. The van der Waals surface area contributed by atoms with Gasteiger partial charge in [0.1, 0.15) is 0 Å². The van der Waals surface area contributed by atoms with Crippen LogP contribution in [-0.2, 0) is 4.79 Å². The van der Waals surface area contributed by atoms with Crippen molar-refractivity contribution in [2.24, 2.45) is 0 Å². The quantitative estimate of drug-likeness (QED) is 0.568. The Bertz CT molecular complexity index is 1170. The summed E-state index contributed by atoms with van der Waals surface area (Å²) in [6.45, 7) is 10.3. The Balaban J connectivity index is 1.65. The SMILES string of the molecule is Cc1cc(-c2[nH]c3ccc(C4CCN(CC(=O)N(C)C)CC4)cc3c2C(C)C)c(F)c(C)n1. The van der Waals surface area contributed by atoms with E-state index in [0.717, 1.165) is 48.4 Å². The van der Waals surface area contributed by atoms with Crippen molar-refractivity contribution in [3.05, 3.63) is 52.6 Å². The van der Waals surface area contributed by atoms with Gasteiger partial charge in [-0.15, -0.1) is 0 Å². The third-order valence-corrected chi connectivity index (χ3v) is 6.88. The van der Waals surface area contributed by atoms with E-state index in [-0.39, 0.29) is 17.6 Å². The molecule has 1 fully saturated rings. The van der Waals surface area contributed by atoms with Crippen molar-refractivity contribution in [1.29, 1.82) is 0 Å². The van der Waals surface area contributed by atoms with Crippen molar-refractivity contribution < 1.29 is 9.18 Å². The summed E-state index contributed by atoms with van der Waals surface area (Å²) >= 11 is 0. The van der Waals surface area contributed by atoms with Gasteiger partial charge in [0.05, 0.1) is 17.9 Å². The Hall–Kier alpha value is -2.73. The predicted molar refractivity (Wildman–Crippen MR) is 132 cm³/mol. The first-order valence-electron chi connectivity index (χ1n) is 11.9. The summed E-state index contributed by atoms with van der Waals surface area (Å²) in [6, 6.07) is 8.48. The summed E-state index contributed by atoms with van der Waals surface area (Å²) in [4.78, 5) is 23.7. The molecule has 1 aromatic carbocycles. The van der Waals surface area contributed by atoms with E-state index < -0.39 is 0 Å². The van der Waals surface area contributed by atoms with Gasteiger partial charge in [-0.1, -0.05) is 19.9 Å². The zero-order valence-electron chi connectivity index (χ0n) is 20.6. The number of H-pyrrole nitrogens is 1. The predicted octanol–water partition coefficient (Wildman–Crippen LogP) is 5.38. The molecular formula is C27H35FN4O. The second kappa shape index (κ2) is 9.26. The molecule has 0 spiro atoms. The van der Waals surface area contributed by atoms with Crippen LogP contribution >= 0.6 is 0 Å². The lowest BCUT2D eigenvalue weighted by Gasteiger charge is -2.32. The van der Waals surface area contributed by atoms with Crippen molar-refractivity contribution in [2.75, 3.05) is 33.7 Å². The molecule has 0 radical (unpaired) electrons. The molecule has 176 valence electrons. The van der Waals surface area contributed by atoms with E-state index in [1.807, 2.05) is 27.1 Å². The average Bonchev–Trinajstić information content (AvgIpc) is 3.15. The molecule has 4 rings (SSSR count). The van der Waals surface area contributed by atoms with Gasteiger partial charge in [-0.05, 0) is 80.9 Å². The molecule has 5 nitrogen and oxygen atoms in total. The molecule has 1 aliphatic rings. The van der Waals surface area contributed by atoms with Gasteiger partial charge in [-0.3, -0.25) is 14.7 Å². The van der Waals surface area contributed by atoms with E-state index in [2.05, 4.69) is 46.9 Å². The third-order valence-electron chi connectivity index (χ3n) is 6.88. The lowest BCUT2D eigenvalue weighted by atomic mass is 9.87. The Morgan fingerprint density at radius 3 is 2.55 bits per heavy atom. The number of aromatic nitrogens is 2. The minimum Gasteiger partial charge on any atom is -0.354 e. The molecule has 1 amide bonds. The van der Waals surface area contributed by atoms with E-state index >= 15 is 4.39 Å². The maximum absolute atomic E-state index is 15.1. The van der Waals surface area contributed by atoms with Gasteiger partial charge in [0.2, 0.25) is 5.91 Å². The number of aromatic amines is 1. The lowest BCUT2D eigenvalue weighted by molar-refractivity contribution is -0.130. The van der Waals surface area contributed by atoms with Crippen molar-refractivity contribution in [3.8, 4) is 11.3 Å². The fourth-order valence-corrected chi connectivity index (χ4v) is 5.05. The maximum atomic E-state index is 15.1. The highest BCUT2D eigenvalue weighted by Gasteiger charge is 2.25. The fourth-order valence-electron chi connectivity index (χ4n) is 5.05. The standard InChI is InChI=1S/C27H35FN4O/c1-16(2)25-21-14-20(19-9-11-32(12-10-19)15-24(33)31(5)6)7-8-23(21)30-27(25)22-13-17(3)29-18(4)26(22)28/h7-8,13-14,16,19,30H,9-12,15H2,1-6H3. The highest BCUT2D eigenvalue weighted by molar-refractivity contribution is 5.92. The molecule has 6 heteroatoms. The van der Waals surface area contributed by atoms with Gasteiger partial charge >= 0.3 is 0 Å². The highest BCUT2D eigenvalue weighted by Crippen LogP contribution is 2.39. The number of hydrogen-bond donors (Lipinski definition) is 1. The number of pyridine rings is 1. The number of aryl methyl sites for hydroxylation is 2. The smallest absolute Gasteiger partial charge is 0.236 e. The first kappa shape index (κ1) is 23.4. The molecule has 3 aromatic rings. The van der Waals surface area contributed by atoms with Crippen LogP contribution < -0.4 is 0 Å². The lowest BCUT2D eigenvalue weighted by Crippen LogP contribution is -2.40. The molecule has 33 heavy (non-hydrogen) atoms. The molecule has 0 aliphatic carbocycles. The van der Waals surface area contributed by atoms with Crippen LogP contribution in [0, 0.1) is 19.7 Å². The number of likely N-dealkylation sites (N-methyl/N-ethyl adjacent to an activating group) is 1. The van der Waals surface area contributed by atoms with E-state index in [9.17, 15) is 4.79 Å². The van der Waals surface area contributed by atoms with Crippen LogP contribution in [0.5, 0.6) is 0 Å². The molecule has 1 saturated heterocycles. The van der Waals surface area contributed by atoms with Crippen LogP contribution in [0.25, 0.3) is 22.2 Å². The molecule has 1 N–H and O–H groups in total. The number of nitrogens with one attached hydrogen (secondary N) is 1. The Morgan fingerprint density at radius 2 is 1.91 bits per heavy atom. The van der Waals surface area contributed by atoms with E-state index in [4.69, 9.17) is 0 Å². The number of piperidine rings is 1. The van der Waals surface area contributed by atoms with Crippen molar-refractivity contribution in [1.82, 2.24) is 19.8 Å². The van der Waals surface area contributed by atoms with Gasteiger partial charge < -0.3 is 9.88 Å². The second-order valence-corrected chi connectivity index (χ2v) is 9.92. The molecule has 2 aromatic heterocycles.